The first-order valence-corrected chi connectivity index (χ1v) is 9.39. The van der Waals surface area contributed by atoms with Crippen molar-refractivity contribution in [1.29, 1.82) is 0 Å². The molecular formula is C22H29N3O. The predicted octanol–water partition coefficient (Wildman–Crippen LogP) is 4.26. The second kappa shape index (κ2) is 8.26. The van der Waals surface area contributed by atoms with Crippen LogP contribution in [0.2, 0.25) is 0 Å². The summed E-state index contributed by atoms with van der Waals surface area (Å²) in [6.45, 7) is 3.38. The fourth-order valence-electron chi connectivity index (χ4n) is 3.21. The van der Waals surface area contributed by atoms with Crippen molar-refractivity contribution in [1.82, 2.24) is 10.2 Å². The number of hydrogen-bond donors (Lipinski definition) is 1. The molecule has 0 radical (unpaired) electrons. The molecule has 1 aliphatic carbocycles. The van der Waals surface area contributed by atoms with Crippen LogP contribution in [0.1, 0.15) is 30.9 Å². The fraction of sp³-hybridized carbons (Fsp3) is 0.409. The maximum atomic E-state index is 12.9. The summed E-state index contributed by atoms with van der Waals surface area (Å²) in [6.07, 6.45) is 2.46. The van der Waals surface area contributed by atoms with E-state index in [9.17, 15) is 4.79 Å². The van der Waals surface area contributed by atoms with Gasteiger partial charge in [-0.3, -0.25) is 0 Å². The molecule has 1 aliphatic rings. The van der Waals surface area contributed by atoms with Gasteiger partial charge in [-0.2, -0.15) is 0 Å². The lowest BCUT2D eigenvalue weighted by atomic mass is 10.1. The highest BCUT2D eigenvalue weighted by atomic mass is 16.2. The highest BCUT2D eigenvalue weighted by Crippen LogP contribution is 2.35. The molecule has 0 aliphatic heterocycles. The molecule has 4 nitrogen and oxygen atoms in total. The maximum Gasteiger partial charge on any atom is 0.318 e. The molecule has 4 heteroatoms. The fourth-order valence-corrected chi connectivity index (χ4v) is 3.21. The van der Waals surface area contributed by atoms with Gasteiger partial charge in [0, 0.05) is 38.9 Å². The molecule has 0 bridgehead atoms. The van der Waals surface area contributed by atoms with E-state index in [1.165, 1.54) is 18.4 Å². The molecule has 2 aromatic carbocycles. The Hall–Kier alpha value is -2.49. The molecule has 0 unspecified atom stereocenters. The van der Waals surface area contributed by atoms with E-state index >= 15 is 0 Å². The van der Waals surface area contributed by atoms with Gasteiger partial charge in [0.25, 0.3) is 0 Å². The van der Waals surface area contributed by atoms with Gasteiger partial charge < -0.3 is 15.1 Å². The van der Waals surface area contributed by atoms with Crippen molar-refractivity contribution >= 4 is 11.7 Å². The van der Waals surface area contributed by atoms with Crippen LogP contribution in [0.5, 0.6) is 0 Å². The Balaban J connectivity index is 1.63. The molecule has 3 rings (SSSR count). The van der Waals surface area contributed by atoms with Crippen molar-refractivity contribution in [2.75, 3.05) is 19.0 Å². The molecule has 1 atom stereocenters. The Morgan fingerprint density at radius 3 is 2.27 bits per heavy atom. The van der Waals surface area contributed by atoms with Crippen LogP contribution >= 0.6 is 0 Å². The molecule has 0 aromatic heterocycles. The minimum absolute atomic E-state index is 0.0185. The number of benzene rings is 2. The predicted molar refractivity (Wildman–Crippen MR) is 107 cm³/mol. The Morgan fingerprint density at radius 2 is 1.69 bits per heavy atom. The molecule has 0 heterocycles. The van der Waals surface area contributed by atoms with Crippen LogP contribution in [-0.2, 0) is 13.1 Å². The summed E-state index contributed by atoms with van der Waals surface area (Å²) in [5.74, 6) is 0.642. The van der Waals surface area contributed by atoms with E-state index in [1.807, 2.05) is 37.2 Å². The van der Waals surface area contributed by atoms with Crippen LogP contribution in [0, 0.1) is 5.92 Å². The molecule has 138 valence electrons. The second-order valence-electron chi connectivity index (χ2n) is 7.41. The minimum atomic E-state index is 0.0185. The van der Waals surface area contributed by atoms with E-state index < -0.39 is 0 Å². The summed E-state index contributed by atoms with van der Waals surface area (Å²) in [5.41, 5.74) is 3.45. The third kappa shape index (κ3) is 4.78. The number of anilines is 1. The first kappa shape index (κ1) is 18.3. The molecule has 2 aromatic rings. The van der Waals surface area contributed by atoms with Crippen LogP contribution < -0.4 is 10.2 Å². The van der Waals surface area contributed by atoms with Gasteiger partial charge >= 0.3 is 6.03 Å². The van der Waals surface area contributed by atoms with Gasteiger partial charge in [0.15, 0.2) is 0 Å². The van der Waals surface area contributed by atoms with E-state index in [0.29, 0.717) is 19.0 Å². The lowest BCUT2D eigenvalue weighted by Crippen LogP contribution is -2.45. The first-order chi connectivity index (χ1) is 12.5. The number of carbonyl (C=O) groups excluding carboxylic acids is 1. The molecule has 0 spiro atoms. The number of rotatable bonds is 7. The van der Waals surface area contributed by atoms with Crippen molar-refractivity contribution in [3.63, 3.8) is 0 Å². The number of carbonyl (C=O) groups is 1. The SMILES string of the molecule is C[C@@H](C1CC1)N(Cc1ccccc1)C(=O)NCc1ccc(N(C)C)cc1. The quantitative estimate of drug-likeness (QED) is 0.809. The zero-order chi connectivity index (χ0) is 18.5. The van der Waals surface area contributed by atoms with Gasteiger partial charge in [0.05, 0.1) is 0 Å². The third-order valence-corrected chi connectivity index (χ3v) is 5.15. The zero-order valence-electron chi connectivity index (χ0n) is 16.0. The van der Waals surface area contributed by atoms with Crippen LogP contribution in [0.15, 0.2) is 54.6 Å². The minimum Gasteiger partial charge on any atom is -0.378 e. The molecule has 1 N–H and O–H groups in total. The van der Waals surface area contributed by atoms with Crippen molar-refractivity contribution < 1.29 is 4.79 Å². The largest absolute Gasteiger partial charge is 0.378 e. The van der Waals surface area contributed by atoms with Gasteiger partial charge in [0.1, 0.15) is 0 Å². The Labute approximate surface area is 156 Å². The van der Waals surface area contributed by atoms with Crippen molar-refractivity contribution in [3.05, 3.63) is 65.7 Å². The Kier molecular flexibility index (Phi) is 5.82. The van der Waals surface area contributed by atoms with Crippen LogP contribution in [0.25, 0.3) is 0 Å². The Bertz CT molecular complexity index is 708. The number of nitrogens with one attached hydrogen (secondary N) is 1. The number of nitrogens with zero attached hydrogens (tertiary/aromatic N) is 2. The van der Waals surface area contributed by atoms with Crippen LogP contribution in [0.4, 0.5) is 10.5 Å². The van der Waals surface area contributed by atoms with Crippen LogP contribution in [0.3, 0.4) is 0 Å². The number of urea groups is 1. The van der Waals surface area contributed by atoms with E-state index in [0.717, 1.165) is 11.3 Å². The highest BCUT2D eigenvalue weighted by Gasteiger charge is 2.34. The summed E-state index contributed by atoms with van der Waals surface area (Å²) in [5, 5.41) is 3.10. The summed E-state index contributed by atoms with van der Waals surface area (Å²) >= 11 is 0. The molecule has 0 saturated heterocycles. The smallest absolute Gasteiger partial charge is 0.318 e. The Morgan fingerprint density at radius 1 is 1.04 bits per heavy atom. The van der Waals surface area contributed by atoms with Crippen LogP contribution in [-0.4, -0.2) is 31.1 Å². The average molecular weight is 351 g/mol. The van der Waals surface area contributed by atoms with E-state index in [-0.39, 0.29) is 12.1 Å². The molecule has 2 amide bonds. The topological polar surface area (TPSA) is 35.6 Å². The average Bonchev–Trinajstić information content (AvgIpc) is 3.50. The lowest BCUT2D eigenvalue weighted by molar-refractivity contribution is 0.167. The molecule has 1 saturated carbocycles. The van der Waals surface area contributed by atoms with Gasteiger partial charge in [-0.1, -0.05) is 42.5 Å². The monoisotopic (exact) mass is 351 g/mol. The third-order valence-electron chi connectivity index (χ3n) is 5.15. The molecular weight excluding hydrogens is 322 g/mol. The normalized spacial score (nSPS) is 14.6. The summed E-state index contributed by atoms with van der Waals surface area (Å²) in [6, 6.07) is 18.8. The molecule has 26 heavy (non-hydrogen) atoms. The standard InChI is InChI=1S/C22H29N3O/c1-17(20-11-12-20)25(16-19-7-5-4-6-8-19)22(26)23-15-18-9-13-21(14-10-18)24(2)3/h4-10,13-14,17,20H,11-12,15-16H2,1-3H3,(H,23,26)/t17-/m0/s1. The maximum absolute atomic E-state index is 12.9. The van der Waals surface area contributed by atoms with E-state index in [1.54, 1.807) is 0 Å². The van der Waals surface area contributed by atoms with Gasteiger partial charge in [-0.25, -0.2) is 4.79 Å². The van der Waals surface area contributed by atoms with E-state index in [2.05, 4.69) is 53.5 Å². The van der Waals surface area contributed by atoms with Crippen molar-refractivity contribution in [2.45, 2.75) is 38.9 Å². The van der Waals surface area contributed by atoms with E-state index in [4.69, 9.17) is 0 Å². The summed E-state index contributed by atoms with van der Waals surface area (Å²) in [4.78, 5) is 16.9. The number of amides is 2. The molecule has 1 fully saturated rings. The summed E-state index contributed by atoms with van der Waals surface area (Å²) in [7, 11) is 4.05. The van der Waals surface area contributed by atoms with Gasteiger partial charge in [0.2, 0.25) is 0 Å². The van der Waals surface area contributed by atoms with Gasteiger partial charge in [-0.15, -0.1) is 0 Å². The zero-order valence-corrected chi connectivity index (χ0v) is 16.0. The summed E-state index contributed by atoms with van der Waals surface area (Å²) < 4.78 is 0. The number of hydrogen-bond acceptors (Lipinski definition) is 2. The lowest BCUT2D eigenvalue weighted by Gasteiger charge is -2.30. The highest BCUT2D eigenvalue weighted by molar-refractivity contribution is 5.74. The van der Waals surface area contributed by atoms with Gasteiger partial charge in [-0.05, 0) is 48.9 Å². The second-order valence-corrected chi connectivity index (χ2v) is 7.41. The van der Waals surface area contributed by atoms with Crippen molar-refractivity contribution in [2.24, 2.45) is 5.92 Å². The van der Waals surface area contributed by atoms with Crippen molar-refractivity contribution in [3.8, 4) is 0 Å². The first-order valence-electron chi connectivity index (χ1n) is 9.39.